The van der Waals surface area contributed by atoms with Crippen molar-refractivity contribution in [2.24, 2.45) is 17.8 Å². The lowest BCUT2D eigenvalue weighted by molar-refractivity contribution is -0.154. The Bertz CT molecular complexity index is 816. The van der Waals surface area contributed by atoms with Gasteiger partial charge < -0.3 is 15.2 Å². The fourth-order valence-corrected chi connectivity index (χ4v) is 4.78. The van der Waals surface area contributed by atoms with Crippen LogP contribution in [0.2, 0.25) is 5.28 Å². The highest BCUT2D eigenvalue weighted by Crippen LogP contribution is 2.46. The Kier molecular flexibility index (Phi) is 4.75. The molecule has 3 fully saturated rings. The topological polar surface area (TPSA) is 88.8 Å². The third-order valence-electron chi connectivity index (χ3n) is 5.76. The molecule has 140 valence electrons. The number of hydrogen-bond donors (Lipinski definition) is 2. The van der Waals surface area contributed by atoms with E-state index in [4.69, 9.17) is 16.3 Å². The molecule has 2 aromatic heterocycles. The van der Waals surface area contributed by atoms with Crippen LogP contribution in [-0.4, -0.2) is 38.3 Å². The first-order valence-corrected chi connectivity index (χ1v) is 9.57. The van der Waals surface area contributed by atoms with E-state index >= 15 is 0 Å². The molecule has 0 unspecified atom stereocenters. The normalized spacial score (nSPS) is 27.7. The minimum Gasteiger partial charge on any atom is -0.466 e. The van der Waals surface area contributed by atoms with Gasteiger partial charge in [-0.15, -0.1) is 5.10 Å². The fraction of sp³-hybridized carbons (Fsp3) is 0.611. The molecule has 3 saturated carbocycles. The molecule has 0 saturated heterocycles. The van der Waals surface area contributed by atoms with Crippen molar-refractivity contribution in [2.75, 3.05) is 11.9 Å². The van der Waals surface area contributed by atoms with Crippen molar-refractivity contribution in [3.05, 3.63) is 23.1 Å². The highest BCUT2D eigenvalue weighted by Gasteiger charge is 2.48. The van der Waals surface area contributed by atoms with Crippen molar-refractivity contribution < 1.29 is 14.6 Å². The van der Waals surface area contributed by atoms with Crippen LogP contribution in [-0.2, 0) is 16.1 Å². The summed E-state index contributed by atoms with van der Waals surface area (Å²) >= 11 is 6.08. The molecule has 0 amide bonds. The molecule has 8 heteroatoms. The zero-order valence-electron chi connectivity index (χ0n) is 14.7. The number of nitrogens with one attached hydrogen (secondary N) is 1. The van der Waals surface area contributed by atoms with Crippen molar-refractivity contribution in [1.29, 1.82) is 0 Å². The zero-order valence-corrected chi connectivity index (χ0v) is 15.4. The second-order valence-electron chi connectivity index (χ2n) is 7.19. The number of carbonyl (C=O) groups is 1. The Balaban J connectivity index is 1.69. The molecule has 2 bridgehead atoms. The van der Waals surface area contributed by atoms with Crippen LogP contribution in [0.25, 0.3) is 5.52 Å². The molecule has 26 heavy (non-hydrogen) atoms. The molecule has 0 spiro atoms. The SMILES string of the molecule is CCOC(=O)[C@H]1C2CCC(CC2)[C@@H]1Nc1nc(Cl)nn2cc(CO)cc12. The number of hydrogen-bond acceptors (Lipinski definition) is 6. The second-order valence-corrected chi connectivity index (χ2v) is 7.53. The van der Waals surface area contributed by atoms with Gasteiger partial charge >= 0.3 is 5.97 Å². The highest BCUT2D eigenvalue weighted by atomic mass is 35.5. The lowest BCUT2D eigenvalue weighted by atomic mass is 9.61. The number of aromatic nitrogens is 3. The van der Waals surface area contributed by atoms with Crippen molar-refractivity contribution in [3.63, 3.8) is 0 Å². The number of aliphatic hydroxyl groups excluding tert-OH is 1. The average Bonchev–Trinajstić information content (AvgIpc) is 3.06. The molecule has 2 atom stereocenters. The molecule has 2 heterocycles. The molecule has 3 aliphatic rings. The summed E-state index contributed by atoms with van der Waals surface area (Å²) in [4.78, 5) is 17.0. The fourth-order valence-electron chi connectivity index (χ4n) is 4.61. The number of ether oxygens (including phenoxy) is 1. The Morgan fingerprint density at radius 1 is 1.38 bits per heavy atom. The molecule has 0 aromatic carbocycles. The van der Waals surface area contributed by atoms with Crippen LogP contribution in [0.15, 0.2) is 12.3 Å². The highest BCUT2D eigenvalue weighted by molar-refractivity contribution is 6.28. The van der Waals surface area contributed by atoms with Gasteiger partial charge in [0.25, 0.3) is 0 Å². The van der Waals surface area contributed by atoms with Gasteiger partial charge in [0.1, 0.15) is 5.52 Å². The van der Waals surface area contributed by atoms with Crippen molar-refractivity contribution >= 4 is 28.9 Å². The van der Waals surface area contributed by atoms with E-state index in [0.717, 1.165) is 36.8 Å². The number of fused-ring (bicyclic) bond motifs is 4. The van der Waals surface area contributed by atoms with Crippen LogP contribution < -0.4 is 5.32 Å². The van der Waals surface area contributed by atoms with Gasteiger partial charge in [-0.2, -0.15) is 4.98 Å². The molecular formula is C18H23ClN4O3. The van der Waals surface area contributed by atoms with Crippen molar-refractivity contribution in [3.8, 4) is 0 Å². The van der Waals surface area contributed by atoms with E-state index in [1.54, 1.807) is 10.7 Å². The molecule has 5 rings (SSSR count). The maximum atomic E-state index is 12.6. The minimum atomic E-state index is -0.163. The van der Waals surface area contributed by atoms with Crippen molar-refractivity contribution in [2.45, 2.75) is 45.3 Å². The number of nitrogens with zero attached hydrogens (tertiary/aromatic N) is 3. The summed E-state index contributed by atoms with van der Waals surface area (Å²) in [6, 6.07) is 1.81. The maximum Gasteiger partial charge on any atom is 0.311 e. The predicted molar refractivity (Wildman–Crippen MR) is 96.9 cm³/mol. The van der Waals surface area contributed by atoms with Crippen molar-refractivity contribution in [1.82, 2.24) is 14.6 Å². The first-order chi connectivity index (χ1) is 12.6. The summed E-state index contributed by atoms with van der Waals surface area (Å²) in [5.74, 6) is 1.07. The van der Waals surface area contributed by atoms with Crippen LogP contribution >= 0.6 is 11.6 Å². The summed E-state index contributed by atoms with van der Waals surface area (Å²) in [6.45, 7) is 2.15. The zero-order chi connectivity index (χ0) is 18.3. The second kappa shape index (κ2) is 7.04. The lowest BCUT2D eigenvalue weighted by Crippen LogP contribution is -2.52. The van der Waals surface area contributed by atoms with Gasteiger partial charge in [0.2, 0.25) is 5.28 Å². The van der Waals surface area contributed by atoms with Gasteiger partial charge in [-0.05, 0) is 67.7 Å². The minimum absolute atomic E-state index is 0.0243. The number of carbonyl (C=O) groups excluding carboxylic acids is 1. The Labute approximate surface area is 156 Å². The number of esters is 1. The smallest absolute Gasteiger partial charge is 0.311 e. The molecule has 0 radical (unpaired) electrons. The number of anilines is 1. The molecule has 2 N–H and O–H groups in total. The molecule has 3 aliphatic carbocycles. The summed E-state index contributed by atoms with van der Waals surface area (Å²) < 4.78 is 6.97. The van der Waals surface area contributed by atoms with Gasteiger partial charge in [0.05, 0.1) is 19.1 Å². The first-order valence-electron chi connectivity index (χ1n) is 9.19. The summed E-state index contributed by atoms with van der Waals surface area (Å²) in [5, 5.41) is 17.2. The largest absolute Gasteiger partial charge is 0.466 e. The predicted octanol–water partition coefficient (Wildman–Crippen LogP) is 2.65. The third kappa shape index (κ3) is 3.03. The standard InChI is InChI=1S/C18H23ClN4O3/c1-2-26-17(25)14-11-3-5-12(6-4-11)15(14)20-16-13-7-10(9-24)8-23(13)22-18(19)21-16/h7-8,11-12,14-15,24H,2-6,9H2,1H3,(H,20,21,22)/t11?,12?,14-,15-/m0/s1. The van der Waals surface area contributed by atoms with Crippen LogP contribution in [0.4, 0.5) is 5.82 Å². The van der Waals surface area contributed by atoms with Gasteiger partial charge in [0, 0.05) is 12.2 Å². The van der Waals surface area contributed by atoms with E-state index in [0.29, 0.717) is 24.3 Å². The van der Waals surface area contributed by atoms with E-state index < -0.39 is 0 Å². The van der Waals surface area contributed by atoms with Gasteiger partial charge in [-0.25, -0.2) is 4.52 Å². The summed E-state index contributed by atoms with van der Waals surface area (Å²) in [7, 11) is 0. The third-order valence-corrected chi connectivity index (χ3v) is 5.92. The van der Waals surface area contributed by atoms with Crippen LogP contribution in [0.1, 0.15) is 38.2 Å². The van der Waals surface area contributed by atoms with Gasteiger partial charge in [0.15, 0.2) is 5.82 Å². The Hall–Kier alpha value is -1.86. The Morgan fingerprint density at radius 3 is 2.81 bits per heavy atom. The van der Waals surface area contributed by atoms with Gasteiger partial charge in [-0.1, -0.05) is 0 Å². The number of halogens is 1. The monoisotopic (exact) mass is 378 g/mol. The number of aliphatic hydroxyl groups is 1. The molecular weight excluding hydrogens is 356 g/mol. The van der Waals surface area contributed by atoms with E-state index in [9.17, 15) is 9.90 Å². The van der Waals surface area contributed by atoms with E-state index in [1.807, 2.05) is 13.0 Å². The van der Waals surface area contributed by atoms with Crippen LogP contribution in [0.5, 0.6) is 0 Å². The molecule has 2 aromatic rings. The van der Waals surface area contributed by atoms with Crippen LogP contribution in [0, 0.1) is 17.8 Å². The van der Waals surface area contributed by atoms with E-state index in [1.165, 1.54) is 0 Å². The quantitative estimate of drug-likeness (QED) is 0.777. The summed E-state index contributed by atoms with van der Waals surface area (Å²) in [6.07, 6.45) is 6.09. The van der Waals surface area contributed by atoms with Gasteiger partial charge in [-0.3, -0.25) is 4.79 Å². The van der Waals surface area contributed by atoms with Crippen LogP contribution in [0.3, 0.4) is 0 Å². The Morgan fingerprint density at radius 2 is 2.12 bits per heavy atom. The molecule has 0 aliphatic heterocycles. The maximum absolute atomic E-state index is 12.6. The number of rotatable bonds is 5. The average molecular weight is 379 g/mol. The van der Waals surface area contributed by atoms with E-state index in [2.05, 4.69) is 15.4 Å². The molecule has 7 nitrogen and oxygen atoms in total. The summed E-state index contributed by atoms with van der Waals surface area (Å²) in [5.41, 5.74) is 1.47. The first kappa shape index (κ1) is 17.5. The van der Waals surface area contributed by atoms with E-state index in [-0.39, 0.29) is 29.8 Å². The lowest BCUT2D eigenvalue weighted by Gasteiger charge is -2.47.